The van der Waals surface area contributed by atoms with Gasteiger partial charge in [-0.25, -0.2) is 0 Å². The van der Waals surface area contributed by atoms with Gasteiger partial charge in [0.15, 0.2) is 0 Å². The molecule has 1 aliphatic rings. The van der Waals surface area contributed by atoms with E-state index < -0.39 is 10.2 Å². The van der Waals surface area contributed by atoms with Crippen LogP contribution in [0.2, 0.25) is 0 Å². The van der Waals surface area contributed by atoms with Crippen molar-refractivity contribution in [3.05, 3.63) is 47.9 Å². The normalized spacial score (nSPS) is 19.5. The summed E-state index contributed by atoms with van der Waals surface area (Å²) in [6.07, 6.45) is 6.28. The fourth-order valence-electron chi connectivity index (χ4n) is 2.83. The Hall–Kier alpha value is -1.77. The van der Waals surface area contributed by atoms with E-state index in [2.05, 4.69) is 9.97 Å². The highest BCUT2D eigenvalue weighted by atomic mass is 32.2. The lowest BCUT2D eigenvalue weighted by Crippen LogP contribution is -2.41. The summed E-state index contributed by atoms with van der Waals surface area (Å²) in [6, 6.07) is 3.48. The number of aryl methyl sites for hydroxylation is 1. The standard InChI is InChI=1S/C15H20N4O3S/c1-12-5-6-15(22-12)14-4-3-9-19(14)23(20,21)18(2)11-13-10-16-7-8-17-13/h5-8,10,14H,3-4,9,11H2,1-2H3/t14-/m0/s1. The molecule has 1 saturated heterocycles. The molecule has 1 aliphatic heterocycles. The Kier molecular flexibility index (Phi) is 4.47. The number of nitrogens with zero attached hydrogens (tertiary/aromatic N) is 4. The highest BCUT2D eigenvalue weighted by molar-refractivity contribution is 7.86. The third kappa shape index (κ3) is 3.29. The molecule has 0 saturated carbocycles. The number of furan rings is 1. The Morgan fingerprint density at radius 3 is 2.87 bits per heavy atom. The topological polar surface area (TPSA) is 79.5 Å². The van der Waals surface area contributed by atoms with Crippen LogP contribution in [0.4, 0.5) is 0 Å². The van der Waals surface area contributed by atoms with Gasteiger partial charge in [0.25, 0.3) is 10.2 Å². The zero-order valence-electron chi connectivity index (χ0n) is 13.2. The molecule has 1 fully saturated rings. The van der Waals surface area contributed by atoms with E-state index in [-0.39, 0.29) is 12.6 Å². The van der Waals surface area contributed by atoms with Crippen molar-refractivity contribution in [2.45, 2.75) is 32.4 Å². The van der Waals surface area contributed by atoms with Crippen molar-refractivity contribution in [1.82, 2.24) is 18.6 Å². The van der Waals surface area contributed by atoms with Gasteiger partial charge in [-0.15, -0.1) is 0 Å². The van der Waals surface area contributed by atoms with Crippen molar-refractivity contribution in [2.75, 3.05) is 13.6 Å². The largest absolute Gasteiger partial charge is 0.465 e. The molecule has 2 aromatic rings. The predicted octanol–water partition coefficient (Wildman–Crippen LogP) is 1.89. The summed E-state index contributed by atoms with van der Waals surface area (Å²) in [5, 5.41) is 0. The molecule has 0 unspecified atom stereocenters. The van der Waals surface area contributed by atoms with Crippen LogP contribution < -0.4 is 0 Å². The number of rotatable bonds is 5. The molecule has 0 aromatic carbocycles. The summed E-state index contributed by atoms with van der Waals surface area (Å²) in [5.41, 5.74) is 0.614. The van der Waals surface area contributed by atoms with Crippen LogP contribution in [0, 0.1) is 6.92 Å². The molecule has 8 heteroatoms. The smallest absolute Gasteiger partial charge is 0.282 e. The van der Waals surface area contributed by atoms with Gasteiger partial charge in [-0.1, -0.05) is 0 Å². The van der Waals surface area contributed by atoms with Crippen LogP contribution in [0.5, 0.6) is 0 Å². The Labute approximate surface area is 136 Å². The van der Waals surface area contributed by atoms with Gasteiger partial charge in [-0.05, 0) is 31.9 Å². The number of aromatic nitrogens is 2. The quantitative estimate of drug-likeness (QED) is 0.833. The summed E-state index contributed by atoms with van der Waals surface area (Å²) < 4.78 is 34.2. The van der Waals surface area contributed by atoms with Crippen LogP contribution in [0.3, 0.4) is 0 Å². The fourth-order valence-corrected chi connectivity index (χ4v) is 4.38. The van der Waals surface area contributed by atoms with Gasteiger partial charge in [0.2, 0.25) is 0 Å². The van der Waals surface area contributed by atoms with Gasteiger partial charge >= 0.3 is 0 Å². The molecule has 0 N–H and O–H groups in total. The molecule has 3 heterocycles. The average molecular weight is 336 g/mol. The molecular formula is C15H20N4O3S. The second-order valence-electron chi connectivity index (χ2n) is 5.68. The van der Waals surface area contributed by atoms with Crippen LogP contribution in [-0.2, 0) is 16.8 Å². The van der Waals surface area contributed by atoms with Crippen LogP contribution >= 0.6 is 0 Å². The van der Waals surface area contributed by atoms with Crippen LogP contribution in [-0.4, -0.2) is 40.6 Å². The Balaban J connectivity index is 1.80. The van der Waals surface area contributed by atoms with Gasteiger partial charge in [-0.3, -0.25) is 9.97 Å². The second-order valence-corrected chi connectivity index (χ2v) is 7.67. The lowest BCUT2D eigenvalue weighted by atomic mass is 10.2. The van der Waals surface area contributed by atoms with Gasteiger partial charge in [-0.2, -0.15) is 17.0 Å². The van der Waals surface area contributed by atoms with E-state index in [4.69, 9.17) is 4.42 Å². The van der Waals surface area contributed by atoms with E-state index in [9.17, 15) is 8.42 Å². The molecule has 23 heavy (non-hydrogen) atoms. The minimum atomic E-state index is -3.59. The minimum Gasteiger partial charge on any atom is -0.465 e. The summed E-state index contributed by atoms with van der Waals surface area (Å²) in [7, 11) is -2.02. The summed E-state index contributed by atoms with van der Waals surface area (Å²) in [5.74, 6) is 1.49. The van der Waals surface area contributed by atoms with Gasteiger partial charge in [0.05, 0.1) is 18.3 Å². The number of hydrogen-bond donors (Lipinski definition) is 0. The predicted molar refractivity (Wildman–Crippen MR) is 84.5 cm³/mol. The highest BCUT2D eigenvalue weighted by Crippen LogP contribution is 2.35. The molecule has 7 nitrogen and oxygen atoms in total. The van der Waals surface area contributed by atoms with E-state index >= 15 is 0 Å². The van der Waals surface area contributed by atoms with E-state index in [0.717, 1.165) is 18.6 Å². The highest BCUT2D eigenvalue weighted by Gasteiger charge is 2.39. The molecule has 0 radical (unpaired) electrons. The Morgan fingerprint density at radius 2 is 2.22 bits per heavy atom. The molecule has 124 valence electrons. The summed E-state index contributed by atoms with van der Waals surface area (Å²) >= 11 is 0. The van der Waals surface area contributed by atoms with E-state index in [1.807, 2.05) is 19.1 Å². The van der Waals surface area contributed by atoms with Gasteiger partial charge in [0, 0.05) is 32.2 Å². The van der Waals surface area contributed by atoms with Crippen LogP contribution in [0.25, 0.3) is 0 Å². The first-order chi connectivity index (χ1) is 11.0. The van der Waals surface area contributed by atoms with Crippen molar-refractivity contribution >= 4 is 10.2 Å². The third-order valence-electron chi connectivity index (χ3n) is 3.98. The molecule has 0 spiro atoms. The van der Waals surface area contributed by atoms with Crippen molar-refractivity contribution in [2.24, 2.45) is 0 Å². The van der Waals surface area contributed by atoms with Crippen molar-refractivity contribution in [3.63, 3.8) is 0 Å². The SMILES string of the molecule is Cc1ccc([C@@H]2CCCN2S(=O)(=O)N(C)Cc2cnccn2)o1. The maximum atomic E-state index is 12.9. The fraction of sp³-hybridized carbons (Fsp3) is 0.467. The third-order valence-corrected chi connectivity index (χ3v) is 5.93. The monoisotopic (exact) mass is 336 g/mol. The van der Waals surface area contributed by atoms with Crippen LogP contribution in [0.1, 0.15) is 36.1 Å². The zero-order chi connectivity index (χ0) is 16.4. The first kappa shape index (κ1) is 16.1. The maximum absolute atomic E-state index is 12.9. The van der Waals surface area contributed by atoms with Gasteiger partial charge < -0.3 is 4.42 Å². The second kappa shape index (κ2) is 6.38. The summed E-state index contributed by atoms with van der Waals surface area (Å²) in [6.45, 7) is 2.55. The molecule has 2 aromatic heterocycles. The van der Waals surface area contributed by atoms with Crippen molar-refractivity contribution in [1.29, 1.82) is 0 Å². The number of hydrogen-bond acceptors (Lipinski definition) is 5. The lowest BCUT2D eigenvalue weighted by Gasteiger charge is -2.27. The zero-order valence-corrected chi connectivity index (χ0v) is 14.0. The Bertz CT molecular complexity index is 760. The summed E-state index contributed by atoms with van der Waals surface area (Å²) in [4.78, 5) is 8.10. The molecule has 0 bridgehead atoms. The van der Waals surface area contributed by atoms with Crippen molar-refractivity contribution < 1.29 is 12.8 Å². The molecule has 0 amide bonds. The van der Waals surface area contributed by atoms with E-state index in [1.54, 1.807) is 25.6 Å². The molecule has 1 atom stereocenters. The molecule has 0 aliphatic carbocycles. The van der Waals surface area contributed by atoms with Gasteiger partial charge in [0.1, 0.15) is 11.5 Å². The van der Waals surface area contributed by atoms with E-state index in [0.29, 0.717) is 18.0 Å². The molecular weight excluding hydrogens is 316 g/mol. The average Bonchev–Trinajstić information content (AvgIpc) is 3.16. The maximum Gasteiger partial charge on any atom is 0.282 e. The Morgan fingerprint density at radius 1 is 1.39 bits per heavy atom. The molecule has 3 rings (SSSR count). The van der Waals surface area contributed by atoms with E-state index in [1.165, 1.54) is 8.61 Å². The van der Waals surface area contributed by atoms with Crippen molar-refractivity contribution in [3.8, 4) is 0 Å². The van der Waals surface area contributed by atoms with Crippen LogP contribution in [0.15, 0.2) is 35.1 Å². The first-order valence-electron chi connectivity index (χ1n) is 7.53. The first-order valence-corrected chi connectivity index (χ1v) is 8.92. The minimum absolute atomic E-state index is 0.191. The lowest BCUT2D eigenvalue weighted by molar-refractivity contribution is 0.307.